The normalized spacial score (nSPS) is 22.0. The Morgan fingerprint density at radius 1 is 1.32 bits per heavy atom. The van der Waals surface area contributed by atoms with Crippen molar-refractivity contribution in [1.82, 2.24) is 0 Å². The lowest BCUT2D eigenvalue weighted by Crippen LogP contribution is -2.24. The van der Waals surface area contributed by atoms with Crippen molar-refractivity contribution in [3.8, 4) is 6.07 Å². The van der Waals surface area contributed by atoms with Crippen molar-refractivity contribution in [2.75, 3.05) is 0 Å². The van der Waals surface area contributed by atoms with Crippen LogP contribution in [0.1, 0.15) is 48.5 Å². The predicted molar refractivity (Wildman–Crippen MR) is 81.8 cm³/mol. The van der Waals surface area contributed by atoms with E-state index in [4.69, 9.17) is 10.00 Å². The number of hydrogen-bond donors (Lipinski definition) is 0. The largest absolute Gasteiger partial charge is 0.459 e. The average Bonchev–Trinajstić information content (AvgIpc) is 2.56. The lowest BCUT2D eigenvalue weighted by atomic mass is 9.87. The fourth-order valence-electron chi connectivity index (χ4n) is 2.71. The highest BCUT2D eigenvalue weighted by Crippen LogP contribution is 2.28. The van der Waals surface area contributed by atoms with Crippen molar-refractivity contribution in [3.05, 3.63) is 47.3 Å². The minimum absolute atomic E-state index is 0.0680. The van der Waals surface area contributed by atoms with E-state index >= 15 is 0 Å². The van der Waals surface area contributed by atoms with Crippen molar-refractivity contribution in [3.63, 3.8) is 0 Å². The molecule has 3 nitrogen and oxygen atoms in total. The molecular formula is C18H20FNO2. The second-order valence-corrected chi connectivity index (χ2v) is 5.62. The molecule has 0 aliphatic heterocycles. The molecule has 1 aromatic rings. The first-order chi connectivity index (χ1) is 10.6. The maximum Gasteiger partial charge on any atom is 0.338 e. The molecule has 1 aromatic carbocycles. The van der Waals surface area contributed by atoms with E-state index in [2.05, 4.69) is 6.92 Å². The minimum atomic E-state index is -0.726. The molecule has 116 valence electrons. The first-order valence-electron chi connectivity index (χ1n) is 7.69. The van der Waals surface area contributed by atoms with Crippen molar-refractivity contribution in [2.24, 2.45) is 5.92 Å². The Bertz CT molecular complexity index is 578. The number of esters is 1. The van der Waals surface area contributed by atoms with Gasteiger partial charge in [0.1, 0.15) is 12.2 Å². The Hall–Kier alpha value is -2.15. The van der Waals surface area contributed by atoms with Gasteiger partial charge in [-0.05, 0) is 61.8 Å². The molecule has 0 radical (unpaired) electrons. The molecule has 1 aliphatic carbocycles. The summed E-state index contributed by atoms with van der Waals surface area (Å²) in [6, 6.07) is 8.94. The molecule has 4 heteroatoms. The van der Waals surface area contributed by atoms with Crippen molar-refractivity contribution < 1.29 is 13.9 Å². The Morgan fingerprint density at radius 3 is 2.50 bits per heavy atom. The van der Waals surface area contributed by atoms with E-state index in [-0.39, 0.29) is 18.0 Å². The second kappa shape index (κ2) is 7.74. The highest BCUT2D eigenvalue weighted by Gasteiger charge is 2.23. The quantitative estimate of drug-likeness (QED) is 0.614. The zero-order valence-corrected chi connectivity index (χ0v) is 12.7. The van der Waals surface area contributed by atoms with Gasteiger partial charge in [0.2, 0.25) is 0 Å². The number of nitriles is 1. The zero-order valence-electron chi connectivity index (χ0n) is 12.7. The molecular weight excluding hydrogens is 281 g/mol. The zero-order chi connectivity index (χ0) is 15.9. The van der Waals surface area contributed by atoms with E-state index in [1.54, 1.807) is 12.1 Å². The van der Waals surface area contributed by atoms with Gasteiger partial charge < -0.3 is 4.74 Å². The lowest BCUT2D eigenvalue weighted by Gasteiger charge is -2.26. The summed E-state index contributed by atoms with van der Waals surface area (Å²) in [6.07, 6.45) is 5.09. The molecule has 0 amide bonds. The molecule has 0 aromatic heterocycles. The number of allylic oxidation sites excluding steroid dienone is 2. The third kappa shape index (κ3) is 4.42. The number of carbonyl (C=O) groups excluding carboxylic acids is 1. The summed E-state index contributed by atoms with van der Waals surface area (Å²) in [6.45, 7) is 2.06. The van der Waals surface area contributed by atoms with E-state index < -0.39 is 5.83 Å². The smallest absolute Gasteiger partial charge is 0.338 e. The Balaban J connectivity index is 1.85. The standard InChI is InChI=1S/C18H20FNO2/c1-2-13-3-7-15(8-4-13)18(21)22-17-9-5-14(6-10-17)11-16(19)12-20/h3-4,7-8,11,14,17H,2,5-6,9-10H2,1H3/t14-,17-. The van der Waals surface area contributed by atoms with Crippen LogP contribution in [0.5, 0.6) is 0 Å². The summed E-state index contributed by atoms with van der Waals surface area (Å²) in [5.74, 6) is -0.959. The monoisotopic (exact) mass is 301 g/mol. The molecule has 2 rings (SSSR count). The fraction of sp³-hybridized carbons (Fsp3) is 0.444. The molecule has 0 N–H and O–H groups in total. The van der Waals surface area contributed by atoms with Crippen LogP contribution in [-0.2, 0) is 11.2 Å². The fourth-order valence-corrected chi connectivity index (χ4v) is 2.71. The van der Waals surface area contributed by atoms with Gasteiger partial charge in [-0.15, -0.1) is 0 Å². The maximum absolute atomic E-state index is 12.9. The predicted octanol–water partition coefficient (Wildman–Crippen LogP) is 4.34. The first-order valence-corrected chi connectivity index (χ1v) is 7.69. The summed E-state index contributed by atoms with van der Waals surface area (Å²) < 4.78 is 18.4. The van der Waals surface area contributed by atoms with Gasteiger partial charge >= 0.3 is 5.97 Å². The number of nitrogens with zero attached hydrogens (tertiary/aromatic N) is 1. The molecule has 0 heterocycles. The van der Waals surface area contributed by atoms with Gasteiger partial charge in [0, 0.05) is 0 Å². The van der Waals surface area contributed by atoms with Gasteiger partial charge in [0.15, 0.2) is 5.83 Å². The Kier molecular flexibility index (Phi) is 5.71. The van der Waals surface area contributed by atoms with Crippen LogP contribution >= 0.6 is 0 Å². The van der Waals surface area contributed by atoms with Crippen molar-refractivity contribution in [1.29, 1.82) is 5.26 Å². The maximum atomic E-state index is 12.9. The highest BCUT2D eigenvalue weighted by atomic mass is 19.1. The van der Waals surface area contributed by atoms with Crippen LogP contribution in [0.3, 0.4) is 0 Å². The van der Waals surface area contributed by atoms with Gasteiger partial charge in [-0.1, -0.05) is 19.1 Å². The van der Waals surface area contributed by atoms with E-state index in [1.807, 2.05) is 12.1 Å². The molecule has 1 fully saturated rings. The number of ether oxygens (including phenoxy) is 1. The summed E-state index contributed by atoms with van der Waals surface area (Å²) >= 11 is 0. The summed E-state index contributed by atoms with van der Waals surface area (Å²) in [4.78, 5) is 12.1. The van der Waals surface area contributed by atoms with E-state index in [0.29, 0.717) is 18.4 Å². The molecule has 0 atom stereocenters. The molecule has 1 aliphatic rings. The van der Waals surface area contributed by atoms with Gasteiger partial charge in [0.25, 0.3) is 0 Å². The minimum Gasteiger partial charge on any atom is -0.459 e. The average molecular weight is 301 g/mol. The molecule has 22 heavy (non-hydrogen) atoms. The van der Waals surface area contributed by atoms with E-state index in [0.717, 1.165) is 19.3 Å². The van der Waals surface area contributed by atoms with Crippen LogP contribution in [0.2, 0.25) is 0 Å². The Labute approximate surface area is 130 Å². The summed E-state index contributed by atoms with van der Waals surface area (Å²) in [5.41, 5.74) is 1.75. The topological polar surface area (TPSA) is 50.1 Å². The summed E-state index contributed by atoms with van der Waals surface area (Å²) in [7, 11) is 0. The number of hydrogen-bond acceptors (Lipinski definition) is 3. The van der Waals surface area contributed by atoms with Crippen LogP contribution in [0.25, 0.3) is 0 Å². The van der Waals surface area contributed by atoms with Gasteiger partial charge in [-0.2, -0.15) is 9.65 Å². The van der Waals surface area contributed by atoms with Crippen molar-refractivity contribution >= 4 is 5.97 Å². The number of aryl methyl sites for hydroxylation is 1. The molecule has 0 spiro atoms. The van der Waals surface area contributed by atoms with Gasteiger partial charge in [-0.25, -0.2) is 4.79 Å². The first kappa shape index (κ1) is 16.2. The second-order valence-electron chi connectivity index (χ2n) is 5.62. The molecule has 0 saturated heterocycles. The number of benzene rings is 1. The third-order valence-corrected chi connectivity index (χ3v) is 4.08. The SMILES string of the molecule is CCc1ccc(C(=O)O[C@H]2CC[C@H](C=C(F)C#N)CC2)cc1. The van der Waals surface area contributed by atoms with Gasteiger partial charge in [-0.3, -0.25) is 0 Å². The van der Waals surface area contributed by atoms with Crippen LogP contribution in [0.4, 0.5) is 4.39 Å². The Morgan fingerprint density at radius 2 is 1.95 bits per heavy atom. The third-order valence-electron chi connectivity index (χ3n) is 4.08. The lowest BCUT2D eigenvalue weighted by molar-refractivity contribution is 0.0184. The van der Waals surface area contributed by atoms with Crippen LogP contribution in [0.15, 0.2) is 36.2 Å². The number of carbonyl (C=O) groups is 1. The van der Waals surface area contributed by atoms with Crippen LogP contribution in [-0.4, -0.2) is 12.1 Å². The highest BCUT2D eigenvalue weighted by molar-refractivity contribution is 5.89. The van der Waals surface area contributed by atoms with Crippen LogP contribution < -0.4 is 0 Å². The molecule has 0 unspecified atom stereocenters. The van der Waals surface area contributed by atoms with E-state index in [1.165, 1.54) is 17.7 Å². The molecule has 1 saturated carbocycles. The van der Waals surface area contributed by atoms with Gasteiger partial charge in [0.05, 0.1) is 5.56 Å². The molecule has 0 bridgehead atoms. The van der Waals surface area contributed by atoms with E-state index in [9.17, 15) is 9.18 Å². The van der Waals surface area contributed by atoms with Crippen LogP contribution in [0, 0.1) is 17.2 Å². The number of halogens is 1. The summed E-state index contributed by atoms with van der Waals surface area (Å²) in [5, 5.41) is 8.44. The van der Waals surface area contributed by atoms with Crippen molar-refractivity contribution in [2.45, 2.75) is 45.1 Å². The number of rotatable bonds is 4.